The minimum atomic E-state index is -0.454. The van der Waals surface area contributed by atoms with Gasteiger partial charge < -0.3 is 20.1 Å². The van der Waals surface area contributed by atoms with Gasteiger partial charge in [-0.05, 0) is 33.7 Å². The van der Waals surface area contributed by atoms with Crippen LogP contribution in [0.25, 0.3) is 0 Å². The van der Waals surface area contributed by atoms with Gasteiger partial charge in [-0.1, -0.05) is 0 Å². The number of nitrogens with two attached hydrogens (primary N) is 1. The van der Waals surface area contributed by atoms with E-state index in [-0.39, 0.29) is 12.2 Å². The van der Waals surface area contributed by atoms with Crippen LogP contribution in [-0.2, 0) is 9.47 Å². The minimum Gasteiger partial charge on any atom is -0.444 e. The van der Waals surface area contributed by atoms with Crippen LogP contribution in [0.1, 0.15) is 27.2 Å². The summed E-state index contributed by atoms with van der Waals surface area (Å²) in [6.07, 6.45) is 0.616. The molecule has 1 aliphatic heterocycles. The van der Waals surface area contributed by atoms with Gasteiger partial charge in [0.05, 0.1) is 12.6 Å². The molecule has 0 saturated carbocycles. The highest BCUT2D eigenvalue weighted by atomic mass is 16.6. The molecule has 0 spiro atoms. The summed E-state index contributed by atoms with van der Waals surface area (Å²) in [7, 11) is 1.66. The molecule has 5 heteroatoms. The van der Waals surface area contributed by atoms with Gasteiger partial charge in [0.1, 0.15) is 5.60 Å². The van der Waals surface area contributed by atoms with Crippen molar-refractivity contribution in [2.24, 2.45) is 11.7 Å². The summed E-state index contributed by atoms with van der Waals surface area (Å²) in [5.74, 6) is 0.332. The fraction of sp³-hybridized carbons (Fsp3) is 0.917. The summed E-state index contributed by atoms with van der Waals surface area (Å²) < 4.78 is 10.7. The first-order valence-electron chi connectivity index (χ1n) is 6.08. The molecule has 0 aromatic rings. The van der Waals surface area contributed by atoms with Crippen molar-refractivity contribution >= 4 is 6.09 Å². The Labute approximate surface area is 103 Å². The highest BCUT2D eigenvalue weighted by Gasteiger charge is 2.32. The number of rotatable bonds is 2. The molecule has 0 aliphatic carbocycles. The van der Waals surface area contributed by atoms with Gasteiger partial charge in [-0.15, -0.1) is 0 Å². The van der Waals surface area contributed by atoms with E-state index >= 15 is 0 Å². The largest absolute Gasteiger partial charge is 0.444 e. The number of hydrogen-bond acceptors (Lipinski definition) is 4. The van der Waals surface area contributed by atoms with Gasteiger partial charge in [-0.25, -0.2) is 4.79 Å². The molecule has 0 bridgehead atoms. The van der Waals surface area contributed by atoms with Gasteiger partial charge >= 0.3 is 6.09 Å². The third-order valence-electron chi connectivity index (χ3n) is 2.95. The molecular weight excluding hydrogens is 220 g/mol. The predicted molar refractivity (Wildman–Crippen MR) is 65.8 cm³/mol. The van der Waals surface area contributed by atoms with Gasteiger partial charge in [0.2, 0.25) is 0 Å². The van der Waals surface area contributed by atoms with Crippen LogP contribution < -0.4 is 5.73 Å². The van der Waals surface area contributed by atoms with Crippen LogP contribution in [0.4, 0.5) is 4.79 Å². The Morgan fingerprint density at radius 1 is 1.47 bits per heavy atom. The van der Waals surface area contributed by atoms with Gasteiger partial charge in [-0.3, -0.25) is 0 Å². The number of ether oxygens (including phenoxy) is 2. The van der Waals surface area contributed by atoms with Gasteiger partial charge in [0.25, 0.3) is 0 Å². The second-order valence-corrected chi connectivity index (χ2v) is 5.48. The summed E-state index contributed by atoms with van der Waals surface area (Å²) in [4.78, 5) is 13.6. The minimum absolute atomic E-state index is 0.0151. The van der Waals surface area contributed by atoms with Crippen molar-refractivity contribution in [1.29, 1.82) is 0 Å². The third kappa shape index (κ3) is 4.16. The Balaban J connectivity index is 2.54. The summed E-state index contributed by atoms with van der Waals surface area (Å²) in [5, 5.41) is 0. The second kappa shape index (κ2) is 5.69. The number of likely N-dealkylation sites (tertiary alicyclic amines) is 1. The molecule has 1 aliphatic rings. The second-order valence-electron chi connectivity index (χ2n) is 5.48. The molecule has 1 heterocycles. The smallest absolute Gasteiger partial charge is 0.410 e. The lowest BCUT2D eigenvalue weighted by atomic mass is 9.94. The molecule has 1 rings (SSSR count). The van der Waals surface area contributed by atoms with Crippen LogP contribution >= 0.6 is 0 Å². The fourth-order valence-corrected chi connectivity index (χ4v) is 1.99. The highest BCUT2D eigenvalue weighted by molar-refractivity contribution is 5.68. The van der Waals surface area contributed by atoms with Crippen molar-refractivity contribution in [1.82, 2.24) is 4.90 Å². The van der Waals surface area contributed by atoms with E-state index in [1.54, 1.807) is 12.0 Å². The van der Waals surface area contributed by atoms with Crippen LogP contribution in [0.5, 0.6) is 0 Å². The zero-order valence-electron chi connectivity index (χ0n) is 11.2. The first kappa shape index (κ1) is 14.3. The van der Waals surface area contributed by atoms with Crippen molar-refractivity contribution < 1.29 is 14.3 Å². The van der Waals surface area contributed by atoms with Crippen LogP contribution in [0.3, 0.4) is 0 Å². The van der Waals surface area contributed by atoms with E-state index in [0.29, 0.717) is 25.6 Å². The van der Waals surface area contributed by atoms with E-state index in [2.05, 4.69) is 0 Å². The zero-order chi connectivity index (χ0) is 13.1. The number of hydrogen-bond donors (Lipinski definition) is 1. The number of methoxy groups -OCH3 is 1. The van der Waals surface area contributed by atoms with Crippen molar-refractivity contribution in [3.63, 3.8) is 0 Å². The molecule has 0 radical (unpaired) electrons. The molecule has 100 valence electrons. The molecule has 0 aromatic carbocycles. The number of carbonyl (C=O) groups excluding carboxylic acids is 1. The molecule has 1 fully saturated rings. The van der Waals surface area contributed by atoms with E-state index in [1.165, 1.54) is 0 Å². The van der Waals surface area contributed by atoms with E-state index in [0.717, 1.165) is 6.42 Å². The monoisotopic (exact) mass is 244 g/mol. The zero-order valence-corrected chi connectivity index (χ0v) is 11.2. The maximum atomic E-state index is 11.9. The Kier molecular flexibility index (Phi) is 4.77. The fourth-order valence-electron chi connectivity index (χ4n) is 1.99. The number of amides is 1. The standard InChI is InChI=1S/C12H24N2O3/c1-12(2,3)17-11(15)14-6-5-9(7-13)10(8-14)16-4/h9-10H,5-8,13H2,1-4H3/t9-,10+/m1/s1. The SMILES string of the molecule is CO[C@H]1CN(C(=O)OC(C)(C)C)CC[C@@H]1CN. The molecule has 0 aromatic heterocycles. The van der Waals surface area contributed by atoms with Gasteiger partial charge in [0.15, 0.2) is 0 Å². The number of carbonyl (C=O) groups is 1. The van der Waals surface area contributed by atoms with Crippen LogP contribution in [0.15, 0.2) is 0 Å². The van der Waals surface area contributed by atoms with E-state index in [1.807, 2.05) is 20.8 Å². The van der Waals surface area contributed by atoms with Crippen LogP contribution in [-0.4, -0.2) is 49.4 Å². The summed E-state index contributed by atoms with van der Waals surface area (Å²) in [6.45, 7) is 7.45. The lowest BCUT2D eigenvalue weighted by Gasteiger charge is -2.37. The molecule has 2 atom stereocenters. The molecule has 1 saturated heterocycles. The lowest BCUT2D eigenvalue weighted by Crippen LogP contribution is -2.50. The lowest BCUT2D eigenvalue weighted by molar-refractivity contribution is -0.0266. The van der Waals surface area contributed by atoms with E-state index in [4.69, 9.17) is 15.2 Å². The molecular formula is C12H24N2O3. The summed E-state index contributed by atoms with van der Waals surface area (Å²) in [5.41, 5.74) is 5.22. The van der Waals surface area contributed by atoms with E-state index < -0.39 is 5.60 Å². The van der Waals surface area contributed by atoms with Gasteiger partial charge in [-0.2, -0.15) is 0 Å². The molecule has 0 unspecified atom stereocenters. The molecule has 5 nitrogen and oxygen atoms in total. The average molecular weight is 244 g/mol. The Bertz CT molecular complexity index is 263. The van der Waals surface area contributed by atoms with Crippen molar-refractivity contribution in [3.8, 4) is 0 Å². The topological polar surface area (TPSA) is 64.8 Å². The van der Waals surface area contributed by atoms with Crippen molar-refractivity contribution in [2.45, 2.75) is 38.9 Å². The number of nitrogens with zero attached hydrogens (tertiary/aromatic N) is 1. The summed E-state index contributed by atoms with van der Waals surface area (Å²) in [6, 6.07) is 0. The maximum absolute atomic E-state index is 11.9. The van der Waals surface area contributed by atoms with Crippen LogP contribution in [0, 0.1) is 5.92 Å². The first-order valence-corrected chi connectivity index (χ1v) is 6.08. The summed E-state index contributed by atoms with van der Waals surface area (Å²) >= 11 is 0. The quantitative estimate of drug-likeness (QED) is 0.793. The number of piperidine rings is 1. The Morgan fingerprint density at radius 2 is 2.12 bits per heavy atom. The highest BCUT2D eigenvalue weighted by Crippen LogP contribution is 2.21. The van der Waals surface area contributed by atoms with E-state index in [9.17, 15) is 4.79 Å². The Morgan fingerprint density at radius 3 is 2.59 bits per heavy atom. The molecule has 2 N–H and O–H groups in total. The first-order chi connectivity index (χ1) is 7.87. The van der Waals surface area contributed by atoms with Gasteiger partial charge in [0, 0.05) is 19.6 Å². The van der Waals surface area contributed by atoms with Crippen LogP contribution in [0.2, 0.25) is 0 Å². The maximum Gasteiger partial charge on any atom is 0.410 e. The third-order valence-corrected chi connectivity index (χ3v) is 2.95. The Hall–Kier alpha value is -0.810. The van der Waals surface area contributed by atoms with Crippen molar-refractivity contribution in [3.05, 3.63) is 0 Å². The normalized spacial score (nSPS) is 25.8. The van der Waals surface area contributed by atoms with Crippen molar-refractivity contribution in [2.75, 3.05) is 26.7 Å². The molecule has 1 amide bonds. The average Bonchev–Trinajstić information content (AvgIpc) is 2.25. The predicted octanol–water partition coefficient (Wildman–Crippen LogP) is 1.22. The molecule has 17 heavy (non-hydrogen) atoms.